The molecule has 14 valence electrons. The molecule has 0 saturated carbocycles. The van der Waals surface area contributed by atoms with Crippen LogP contribution in [0.15, 0.2) is 0 Å². The fourth-order valence-electron chi connectivity index (χ4n) is 0. The first-order valence-electron chi connectivity index (χ1n) is 0. The first-order chi connectivity index (χ1) is 0. The summed E-state index contributed by atoms with van der Waals surface area (Å²) in [5, 5.41) is 0. The van der Waals surface area contributed by atoms with Crippen molar-refractivity contribution in [1.82, 2.24) is 0 Å². The number of rotatable bonds is 0. The fraction of sp³-hybridized carbons (Fsp3) is 0. The van der Waals surface area contributed by atoms with Gasteiger partial charge in [-0.25, -0.2) is 0 Å². The zero-order valence-electron chi connectivity index (χ0n) is 0.707. The standard InChI is InChI=1S/Ba.Ca.Hg.Sr.6H. The van der Waals surface area contributed by atoms with Gasteiger partial charge in [0, 0.05) is 27.7 Å². The quantitative estimate of drug-likeness (QED) is 0.336. The van der Waals surface area contributed by atoms with Gasteiger partial charge >= 0.3 is 132 Å². The van der Waals surface area contributed by atoms with Crippen molar-refractivity contribution in [3.63, 3.8) is 0 Å². The van der Waals surface area contributed by atoms with Crippen molar-refractivity contribution >= 4 is 132 Å². The Bertz CT molecular complexity index is 8.00. The summed E-state index contributed by atoms with van der Waals surface area (Å²) in [6, 6.07) is 0. The van der Waals surface area contributed by atoms with E-state index in [1.54, 1.807) is 0 Å². The van der Waals surface area contributed by atoms with Gasteiger partial charge in [-0.3, -0.25) is 0 Å². The Kier molecular flexibility index (Phi) is 89.8. The van der Waals surface area contributed by atoms with E-state index >= 15 is 0 Å². The normalized spacial score (nSPS) is 0. The molecule has 0 saturated heterocycles. The molecule has 4 heavy (non-hydrogen) atoms. The van der Waals surface area contributed by atoms with Gasteiger partial charge < -0.3 is 0 Å². The summed E-state index contributed by atoms with van der Waals surface area (Å²) in [5.41, 5.74) is 0. The maximum atomic E-state index is 0. The van der Waals surface area contributed by atoms with Crippen LogP contribution < -0.4 is 0 Å². The Morgan fingerprint density at radius 1 is 1.00 bits per heavy atom. The van der Waals surface area contributed by atoms with Crippen LogP contribution in [0.2, 0.25) is 0 Å². The van der Waals surface area contributed by atoms with E-state index in [1.807, 2.05) is 0 Å². The molecule has 4 heteroatoms. The molecule has 0 atom stereocenters. The predicted molar refractivity (Wildman–Crippen MR) is 25.6 cm³/mol. The van der Waals surface area contributed by atoms with E-state index in [9.17, 15) is 0 Å². The summed E-state index contributed by atoms with van der Waals surface area (Å²) in [6.45, 7) is 0. The molecular formula is H6BaCaHgSr. The van der Waals surface area contributed by atoms with Crippen LogP contribution in [0.5, 0.6) is 0 Å². The summed E-state index contributed by atoms with van der Waals surface area (Å²) < 4.78 is 0. The Balaban J connectivity index is 0. The van der Waals surface area contributed by atoms with Gasteiger partial charge in [0.15, 0.2) is 0 Å². The van der Waals surface area contributed by atoms with Gasteiger partial charge in [-0.15, -0.1) is 0 Å². The summed E-state index contributed by atoms with van der Waals surface area (Å²) >= 11 is 0. The van der Waals surface area contributed by atoms with Crippen LogP contribution in [0, 0.1) is 0 Å². The number of hydrogen-bond acceptors (Lipinski definition) is 0. The van der Waals surface area contributed by atoms with E-state index in [0.29, 0.717) is 0 Å². The van der Waals surface area contributed by atoms with Crippen molar-refractivity contribution < 1.29 is 27.7 Å². The van der Waals surface area contributed by atoms with Gasteiger partial charge in [0.2, 0.25) is 0 Å². The van der Waals surface area contributed by atoms with Crippen molar-refractivity contribution in [3.8, 4) is 0 Å². The predicted octanol–water partition coefficient (Wildman–Crippen LogP) is -2.75. The average molecular weight is 472 g/mol. The second kappa shape index (κ2) is 15.7. The third kappa shape index (κ3) is 10.3. The molecule has 0 spiro atoms. The maximum absolute atomic E-state index is 0. The molecule has 0 radical (unpaired) electrons. The van der Waals surface area contributed by atoms with E-state index in [1.165, 1.54) is 0 Å². The van der Waals surface area contributed by atoms with Crippen molar-refractivity contribution in [2.24, 2.45) is 0 Å². The number of hydrogen-bond donors (Lipinski definition) is 0. The van der Waals surface area contributed by atoms with Gasteiger partial charge in [-0.2, -0.15) is 0 Å². The molecule has 0 aliphatic heterocycles. The third-order valence-electron chi connectivity index (χ3n) is 0. The van der Waals surface area contributed by atoms with Crippen LogP contribution in [0.25, 0.3) is 0 Å². The van der Waals surface area contributed by atoms with Gasteiger partial charge in [-0.1, -0.05) is 0 Å². The van der Waals surface area contributed by atoms with E-state index < -0.39 is 0 Å². The monoisotopic (exact) mass is 474 g/mol. The van der Waals surface area contributed by atoms with Crippen LogP contribution in [0.1, 0.15) is 0 Å². The van der Waals surface area contributed by atoms with E-state index in [-0.39, 0.29) is 160 Å². The second-order valence-electron chi connectivity index (χ2n) is 0. The molecule has 0 aliphatic carbocycles. The van der Waals surface area contributed by atoms with Crippen LogP contribution in [-0.2, 0) is 27.7 Å². The van der Waals surface area contributed by atoms with Crippen molar-refractivity contribution in [3.05, 3.63) is 0 Å². The minimum absolute atomic E-state index is 0. The summed E-state index contributed by atoms with van der Waals surface area (Å²) in [5.74, 6) is 0. The van der Waals surface area contributed by atoms with Crippen LogP contribution >= 0.6 is 0 Å². The Hall–Kier alpha value is 5.25. The van der Waals surface area contributed by atoms with Crippen LogP contribution in [0.3, 0.4) is 0 Å². The van der Waals surface area contributed by atoms with Crippen molar-refractivity contribution in [2.75, 3.05) is 0 Å². The molecule has 0 bridgehead atoms. The van der Waals surface area contributed by atoms with E-state index in [4.69, 9.17) is 0 Å². The summed E-state index contributed by atoms with van der Waals surface area (Å²) in [6.07, 6.45) is 0. The Morgan fingerprint density at radius 2 is 1.00 bits per heavy atom. The average Bonchev–Trinajstić information content (AvgIpc) is 0. The van der Waals surface area contributed by atoms with Gasteiger partial charge in [-0.05, 0) is 0 Å². The molecule has 0 amide bonds. The first-order valence-corrected chi connectivity index (χ1v) is 0. The van der Waals surface area contributed by atoms with Crippen LogP contribution in [0.4, 0.5) is 0 Å². The SMILES string of the molecule is [BaH2].[CaH2].[Hg].[SrH2]. The van der Waals surface area contributed by atoms with Crippen LogP contribution in [-0.4, -0.2) is 132 Å². The molecule has 0 aliphatic rings. The Morgan fingerprint density at radius 3 is 1.00 bits per heavy atom. The van der Waals surface area contributed by atoms with Gasteiger partial charge in [0.05, 0.1) is 0 Å². The molecular weight excluding hydrogens is 466 g/mol. The third-order valence-corrected chi connectivity index (χ3v) is 0. The zero-order valence-corrected chi connectivity index (χ0v) is 6.20. The van der Waals surface area contributed by atoms with Gasteiger partial charge in [0.25, 0.3) is 0 Å². The van der Waals surface area contributed by atoms with E-state index in [0.717, 1.165) is 0 Å². The molecule has 0 nitrogen and oxygen atoms in total. The Labute approximate surface area is 154 Å². The first kappa shape index (κ1) is 22.8. The molecule has 0 heterocycles. The molecule has 0 rings (SSSR count). The molecule has 0 aromatic heterocycles. The molecule has 0 unspecified atom stereocenters. The molecule has 0 aromatic rings. The molecule has 0 aromatic carbocycles. The summed E-state index contributed by atoms with van der Waals surface area (Å²) in [7, 11) is 0. The molecule has 0 fully saturated rings. The van der Waals surface area contributed by atoms with E-state index in [2.05, 4.69) is 0 Å². The topological polar surface area (TPSA) is 0 Å². The van der Waals surface area contributed by atoms with Crippen molar-refractivity contribution in [1.29, 1.82) is 0 Å². The fourth-order valence-corrected chi connectivity index (χ4v) is 0. The zero-order chi connectivity index (χ0) is 0. The second-order valence-corrected chi connectivity index (χ2v) is 0. The van der Waals surface area contributed by atoms with Gasteiger partial charge in [0.1, 0.15) is 0 Å². The molecule has 0 N–H and O–H groups in total. The van der Waals surface area contributed by atoms with Crippen molar-refractivity contribution in [2.45, 2.75) is 0 Å². The summed E-state index contributed by atoms with van der Waals surface area (Å²) in [4.78, 5) is 0. The minimum atomic E-state index is 0.